The maximum absolute atomic E-state index is 12.6. The van der Waals surface area contributed by atoms with Crippen molar-refractivity contribution in [1.29, 1.82) is 0 Å². The van der Waals surface area contributed by atoms with Crippen LogP contribution in [-0.2, 0) is 4.79 Å². The lowest BCUT2D eigenvalue weighted by Crippen LogP contribution is -2.68. The van der Waals surface area contributed by atoms with Crippen molar-refractivity contribution in [3.63, 3.8) is 0 Å². The Balaban J connectivity index is 1.71. The van der Waals surface area contributed by atoms with Gasteiger partial charge >= 0.3 is 0 Å². The first-order valence-corrected chi connectivity index (χ1v) is 8.20. The number of carbonyl (C=O) groups is 2. The van der Waals surface area contributed by atoms with Crippen molar-refractivity contribution >= 4 is 12.2 Å². The van der Waals surface area contributed by atoms with Crippen LogP contribution in [0.2, 0.25) is 0 Å². The van der Waals surface area contributed by atoms with Crippen molar-refractivity contribution in [1.82, 2.24) is 4.90 Å². The quantitative estimate of drug-likeness (QED) is 0.861. The van der Waals surface area contributed by atoms with Gasteiger partial charge < -0.3 is 15.4 Å². The number of aryl methyl sites for hydroxylation is 1. The van der Waals surface area contributed by atoms with Crippen molar-refractivity contribution in [3.05, 3.63) is 59.7 Å². The number of likely N-dealkylation sites (tertiary alicyclic amines) is 1. The summed E-state index contributed by atoms with van der Waals surface area (Å²) in [5.41, 5.74) is 9.81. The Morgan fingerprint density at radius 2 is 1.92 bits per heavy atom. The topological polar surface area (TPSA) is 63.4 Å². The second kappa shape index (κ2) is 6.57. The van der Waals surface area contributed by atoms with Gasteiger partial charge in [-0.2, -0.15) is 0 Å². The molecule has 4 nitrogen and oxygen atoms in total. The van der Waals surface area contributed by atoms with Crippen LogP contribution in [0, 0.1) is 6.92 Å². The minimum absolute atomic E-state index is 0.00453. The molecule has 1 heterocycles. The summed E-state index contributed by atoms with van der Waals surface area (Å²) in [4.78, 5) is 24.8. The van der Waals surface area contributed by atoms with E-state index >= 15 is 0 Å². The van der Waals surface area contributed by atoms with Gasteiger partial charge in [-0.05, 0) is 42.2 Å². The number of carbonyl (C=O) groups excluding carboxylic acids is 2. The van der Waals surface area contributed by atoms with Gasteiger partial charge in [0.2, 0.25) is 0 Å². The van der Waals surface area contributed by atoms with Gasteiger partial charge in [-0.3, -0.25) is 4.79 Å². The van der Waals surface area contributed by atoms with E-state index in [0.717, 1.165) is 23.0 Å². The van der Waals surface area contributed by atoms with E-state index in [2.05, 4.69) is 12.1 Å². The summed E-state index contributed by atoms with van der Waals surface area (Å²) >= 11 is 0. The molecule has 1 fully saturated rings. The standard InChI is InChI=1S/C20H22N2O2/c1-15-12-17(8-9-18(15)16-6-3-2-4-7-16)19(24)22-13-20(21,14-22)10-5-11-23/h2-4,6-9,11-12H,5,10,13-14,21H2,1H3. The lowest BCUT2D eigenvalue weighted by Gasteiger charge is -2.47. The summed E-state index contributed by atoms with van der Waals surface area (Å²) in [6, 6.07) is 15.9. The summed E-state index contributed by atoms with van der Waals surface area (Å²) in [6.07, 6.45) is 1.96. The van der Waals surface area contributed by atoms with Crippen LogP contribution in [0.1, 0.15) is 28.8 Å². The molecule has 2 aromatic rings. The summed E-state index contributed by atoms with van der Waals surface area (Å²) < 4.78 is 0. The number of nitrogens with two attached hydrogens (primary N) is 1. The van der Waals surface area contributed by atoms with Crippen molar-refractivity contribution < 1.29 is 9.59 Å². The molecular formula is C20H22N2O2. The number of hydrogen-bond donors (Lipinski definition) is 1. The summed E-state index contributed by atoms with van der Waals surface area (Å²) in [7, 11) is 0. The van der Waals surface area contributed by atoms with E-state index in [9.17, 15) is 9.59 Å². The molecule has 24 heavy (non-hydrogen) atoms. The normalized spacial score (nSPS) is 15.7. The van der Waals surface area contributed by atoms with Crippen LogP contribution in [0.15, 0.2) is 48.5 Å². The Morgan fingerprint density at radius 1 is 1.21 bits per heavy atom. The van der Waals surface area contributed by atoms with E-state index in [4.69, 9.17) is 5.73 Å². The van der Waals surface area contributed by atoms with E-state index in [1.165, 1.54) is 0 Å². The SMILES string of the molecule is Cc1cc(C(=O)N2CC(N)(CCC=O)C2)ccc1-c1ccccc1. The largest absolute Gasteiger partial charge is 0.335 e. The lowest BCUT2D eigenvalue weighted by molar-refractivity contribution is -0.108. The zero-order chi connectivity index (χ0) is 17.2. The minimum Gasteiger partial charge on any atom is -0.335 e. The third-order valence-corrected chi connectivity index (χ3v) is 4.62. The molecule has 0 radical (unpaired) electrons. The highest BCUT2D eigenvalue weighted by Gasteiger charge is 2.41. The van der Waals surface area contributed by atoms with Gasteiger partial charge in [-0.25, -0.2) is 0 Å². The molecule has 0 bridgehead atoms. The fraction of sp³-hybridized carbons (Fsp3) is 0.300. The summed E-state index contributed by atoms with van der Waals surface area (Å²) in [5, 5.41) is 0. The molecule has 0 aliphatic carbocycles. The van der Waals surface area contributed by atoms with E-state index in [1.807, 2.05) is 43.3 Å². The Kier molecular flexibility index (Phi) is 4.49. The van der Waals surface area contributed by atoms with Gasteiger partial charge in [-0.15, -0.1) is 0 Å². The third kappa shape index (κ3) is 3.24. The molecule has 2 N–H and O–H groups in total. The average Bonchev–Trinajstić information content (AvgIpc) is 2.57. The van der Waals surface area contributed by atoms with Crippen molar-refractivity contribution in [3.8, 4) is 11.1 Å². The monoisotopic (exact) mass is 322 g/mol. The van der Waals surface area contributed by atoms with Gasteiger partial charge in [0, 0.05) is 25.1 Å². The zero-order valence-electron chi connectivity index (χ0n) is 13.9. The molecule has 4 heteroatoms. The Morgan fingerprint density at radius 3 is 2.54 bits per heavy atom. The summed E-state index contributed by atoms with van der Waals surface area (Å²) in [5.74, 6) is 0.00453. The number of hydrogen-bond acceptors (Lipinski definition) is 3. The number of aldehydes is 1. The van der Waals surface area contributed by atoms with Gasteiger partial charge in [0.05, 0.1) is 5.54 Å². The molecule has 1 aliphatic rings. The zero-order valence-corrected chi connectivity index (χ0v) is 13.9. The van der Waals surface area contributed by atoms with E-state index in [-0.39, 0.29) is 5.91 Å². The van der Waals surface area contributed by atoms with Gasteiger partial charge in [0.25, 0.3) is 5.91 Å². The number of rotatable bonds is 5. The van der Waals surface area contributed by atoms with Crippen molar-refractivity contribution in [2.75, 3.05) is 13.1 Å². The summed E-state index contributed by atoms with van der Waals surface area (Å²) in [6.45, 7) is 3.05. The highest BCUT2D eigenvalue weighted by atomic mass is 16.2. The van der Waals surface area contributed by atoms with Crippen LogP contribution in [0.5, 0.6) is 0 Å². The van der Waals surface area contributed by atoms with E-state index in [1.54, 1.807) is 4.90 Å². The maximum atomic E-state index is 12.6. The Bertz CT molecular complexity index is 749. The van der Waals surface area contributed by atoms with Crippen LogP contribution in [0.3, 0.4) is 0 Å². The molecule has 3 rings (SSSR count). The van der Waals surface area contributed by atoms with Gasteiger partial charge in [0.1, 0.15) is 6.29 Å². The van der Waals surface area contributed by atoms with E-state index in [0.29, 0.717) is 31.5 Å². The second-order valence-electron chi connectivity index (χ2n) is 6.62. The lowest BCUT2D eigenvalue weighted by atomic mass is 9.85. The number of amides is 1. The van der Waals surface area contributed by atoms with E-state index < -0.39 is 5.54 Å². The highest BCUT2D eigenvalue weighted by molar-refractivity contribution is 5.96. The molecule has 1 saturated heterocycles. The van der Waals surface area contributed by atoms with Crippen LogP contribution >= 0.6 is 0 Å². The number of benzene rings is 2. The molecule has 0 atom stereocenters. The van der Waals surface area contributed by atoms with Gasteiger partial charge in [-0.1, -0.05) is 36.4 Å². The molecule has 1 amide bonds. The van der Waals surface area contributed by atoms with Crippen molar-refractivity contribution in [2.45, 2.75) is 25.3 Å². The van der Waals surface area contributed by atoms with Crippen LogP contribution in [0.4, 0.5) is 0 Å². The molecule has 0 aromatic heterocycles. The third-order valence-electron chi connectivity index (χ3n) is 4.62. The average molecular weight is 322 g/mol. The molecule has 124 valence electrons. The predicted molar refractivity (Wildman–Crippen MR) is 94.7 cm³/mol. The van der Waals surface area contributed by atoms with Crippen LogP contribution in [0.25, 0.3) is 11.1 Å². The van der Waals surface area contributed by atoms with Gasteiger partial charge in [0.15, 0.2) is 0 Å². The van der Waals surface area contributed by atoms with Crippen LogP contribution < -0.4 is 5.73 Å². The fourth-order valence-electron chi connectivity index (χ4n) is 3.28. The number of nitrogens with zero attached hydrogens (tertiary/aromatic N) is 1. The van der Waals surface area contributed by atoms with Crippen molar-refractivity contribution in [2.24, 2.45) is 5.73 Å². The molecule has 0 unspecified atom stereocenters. The minimum atomic E-state index is -0.407. The fourth-order valence-corrected chi connectivity index (χ4v) is 3.28. The second-order valence-corrected chi connectivity index (χ2v) is 6.62. The molecule has 1 aliphatic heterocycles. The molecule has 0 spiro atoms. The molecule has 0 saturated carbocycles. The smallest absolute Gasteiger partial charge is 0.253 e. The maximum Gasteiger partial charge on any atom is 0.253 e. The molecular weight excluding hydrogens is 300 g/mol. The highest BCUT2D eigenvalue weighted by Crippen LogP contribution is 2.27. The first-order chi connectivity index (χ1) is 11.5. The first-order valence-electron chi connectivity index (χ1n) is 8.20. The molecule has 2 aromatic carbocycles. The Labute approximate surface area is 142 Å². The van der Waals surface area contributed by atoms with Crippen LogP contribution in [-0.4, -0.2) is 35.7 Å². The Hall–Kier alpha value is -2.46. The first kappa shape index (κ1) is 16.4. The predicted octanol–water partition coefficient (Wildman–Crippen LogP) is 2.79.